The van der Waals surface area contributed by atoms with E-state index in [0.29, 0.717) is 12.0 Å². The molecule has 0 aliphatic carbocycles. The van der Waals surface area contributed by atoms with Crippen LogP contribution in [0, 0.1) is 12.8 Å². The lowest BCUT2D eigenvalue weighted by Gasteiger charge is -2.22. The first-order chi connectivity index (χ1) is 8.58. The molecule has 1 nitrogen and oxygen atoms in total. The van der Waals surface area contributed by atoms with Gasteiger partial charge in [-0.25, -0.2) is 0 Å². The third-order valence-electron chi connectivity index (χ3n) is 3.01. The van der Waals surface area contributed by atoms with Crippen LogP contribution in [-0.2, 0) is 0 Å². The van der Waals surface area contributed by atoms with Gasteiger partial charge in [0.25, 0.3) is 0 Å². The second kappa shape index (κ2) is 5.77. The van der Waals surface area contributed by atoms with E-state index in [1.807, 2.05) is 13.0 Å². The van der Waals surface area contributed by atoms with Crippen molar-refractivity contribution >= 4 is 28.6 Å². The van der Waals surface area contributed by atoms with E-state index in [0.717, 1.165) is 16.3 Å². The molecular weight excluding hydrogens is 262 g/mol. The lowest BCUT2D eigenvalue weighted by atomic mass is 10.0. The number of hydrogen-bond acceptors (Lipinski definition) is 2. The van der Waals surface area contributed by atoms with Gasteiger partial charge in [0.05, 0.1) is 6.04 Å². The molecule has 0 saturated carbocycles. The number of nitrogens with one attached hydrogen (secondary N) is 1. The molecular formula is C15H18ClNS. The molecule has 1 aromatic carbocycles. The second-order valence-electron chi connectivity index (χ2n) is 4.85. The molecule has 2 aromatic rings. The van der Waals surface area contributed by atoms with E-state index in [1.54, 1.807) is 11.3 Å². The molecule has 0 bridgehead atoms. The van der Waals surface area contributed by atoms with Gasteiger partial charge in [-0.3, -0.25) is 0 Å². The maximum Gasteiger partial charge on any atom is 0.0629 e. The van der Waals surface area contributed by atoms with E-state index in [1.165, 1.54) is 4.88 Å². The summed E-state index contributed by atoms with van der Waals surface area (Å²) in [7, 11) is 0. The number of benzene rings is 1. The summed E-state index contributed by atoms with van der Waals surface area (Å²) in [6.45, 7) is 6.48. The van der Waals surface area contributed by atoms with Crippen LogP contribution in [-0.4, -0.2) is 0 Å². The van der Waals surface area contributed by atoms with Gasteiger partial charge in [-0.15, -0.1) is 11.3 Å². The topological polar surface area (TPSA) is 12.0 Å². The average Bonchev–Trinajstić information content (AvgIpc) is 2.83. The van der Waals surface area contributed by atoms with Crippen LogP contribution in [0.15, 0.2) is 35.7 Å². The molecule has 1 N–H and O–H groups in total. The number of hydrogen-bond donors (Lipinski definition) is 1. The van der Waals surface area contributed by atoms with Gasteiger partial charge >= 0.3 is 0 Å². The van der Waals surface area contributed by atoms with E-state index in [-0.39, 0.29) is 0 Å². The predicted molar refractivity (Wildman–Crippen MR) is 81.7 cm³/mol. The fourth-order valence-corrected chi connectivity index (χ4v) is 3.03. The third kappa shape index (κ3) is 3.06. The van der Waals surface area contributed by atoms with Crippen molar-refractivity contribution in [3.63, 3.8) is 0 Å². The highest BCUT2D eigenvalue weighted by Crippen LogP contribution is 2.31. The third-order valence-corrected chi connectivity index (χ3v) is 4.37. The van der Waals surface area contributed by atoms with Crippen molar-refractivity contribution < 1.29 is 0 Å². The van der Waals surface area contributed by atoms with Crippen molar-refractivity contribution in [1.82, 2.24) is 0 Å². The van der Waals surface area contributed by atoms with E-state index in [9.17, 15) is 0 Å². The van der Waals surface area contributed by atoms with Crippen molar-refractivity contribution in [2.75, 3.05) is 5.32 Å². The molecule has 2 rings (SSSR count). The summed E-state index contributed by atoms with van der Waals surface area (Å²) in [6, 6.07) is 10.8. The Morgan fingerprint density at radius 3 is 2.56 bits per heavy atom. The van der Waals surface area contributed by atoms with Gasteiger partial charge in [0.2, 0.25) is 0 Å². The number of rotatable bonds is 4. The Morgan fingerprint density at radius 2 is 2.00 bits per heavy atom. The van der Waals surface area contributed by atoms with Gasteiger partial charge in [0.15, 0.2) is 0 Å². The molecule has 0 saturated heterocycles. The van der Waals surface area contributed by atoms with Crippen LogP contribution in [0.5, 0.6) is 0 Å². The molecule has 0 aliphatic rings. The van der Waals surface area contributed by atoms with Crippen LogP contribution in [0.25, 0.3) is 0 Å². The van der Waals surface area contributed by atoms with Gasteiger partial charge in [-0.05, 0) is 42.0 Å². The van der Waals surface area contributed by atoms with Gasteiger partial charge in [-0.2, -0.15) is 0 Å². The maximum absolute atomic E-state index is 6.16. The lowest BCUT2D eigenvalue weighted by Crippen LogP contribution is -2.15. The van der Waals surface area contributed by atoms with E-state index in [2.05, 4.69) is 48.8 Å². The molecule has 18 heavy (non-hydrogen) atoms. The highest BCUT2D eigenvalue weighted by Gasteiger charge is 2.16. The van der Waals surface area contributed by atoms with E-state index >= 15 is 0 Å². The molecule has 0 fully saturated rings. The van der Waals surface area contributed by atoms with Gasteiger partial charge in [0.1, 0.15) is 0 Å². The van der Waals surface area contributed by atoms with Crippen LogP contribution in [0.4, 0.5) is 5.69 Å². The summed E-state index contributed by atoms with van der Waals surface area (Å²) < 4.78 is 0. The Kier molecular flexibility index (Phi) is 4.31. The molecule has 0 spiro atoms. The van der Waals surface area contributed by atoms with Crippen molar-refractivity contribution in [1.29, 1.82) is 0 Å². The maximum atomic E-state index is 6.16. The van der Waals surface area contributed by atoms with Crippen LogP contribution >= 0.6 is 22.9 Å². The summed E-state index contributed by atoms with van der Waals surface area (Å²) in [5.41, 5.74) is 2.19. The van der Waals surface area contributed by atoms with Crippen molar-refractivity contribution in [3.05, 3.63) is 51.2 Å². The summed E-state index contributed by atoms with van der Waals surface area (Å²) in [6.07, 6.45) is 0. The summed E-state index contributed by atoms with van der Waals surface area (Å²) in [4.78, 5) is 1.36. The molecule has 1 heterocycles. The minimum absolute atomic E-state index is 0.337. The normalized spacial score (nSPS) is 12.7. The molecule has 0 radical (unpaired) electrons. The molecule has 3 heteroatoms. The standard InChI is InChI=1S/C15H18ClNS/c1-10(2)15(14-5-4-8-18-14)17-12-7-6-11(3)13(16)9-12/h4-10,15,17H,1-3H3. The highest BCUT2D eigenvalue weighted by molar-refractivity contribution is 7.10. The Labute approximate surface area is 118 Å². The average molecular weight is 280 g/mol. The fourth-order valence-electron chi connectivity index (χ4n) is 1.90. The van der Waals surface area contributed by atoms with Crippen molar-refractivity contribution in [2.24, 2.45) is 5.92 Å². The molecule has 96 valence electrons. The van der Waals surface area contributed by atoms with Gasteiger partial charge < -0.3 is 5.32 Å². The predicted octanol–water partition coefficient (Wildman–Crippen LogP) is 5.52. The summed E-state index contributed by atoms with van der Waals surface area (Å²) in [5, 5.41) is 6.51. The lowest BCUT2D eigenvalue weighted by molar-refractivity contribution is 0.554. The zero-order valence-electron chi connectivity index (χ0n) is 10.9. The van der Waals surface area contributed by atoms with Crippen LogP contribution < -0.4 is 5.32 Å². The monoisotopic (exact) mass is 279 g/mol. The summed E-state index contributed by atoms with van der Waals surface area (Å²) >= 11 is 7.95. The quantitative estimate of drug-likeness (QED) is 0.777. The van der Waals surface area contributed by atoms with Gasteiger partial charge in [-0.1, -0.05) is 37.6 Å². The van der Waals surface area contributed by atoms with Crippen molar-refractivity contribution in [3.8, 4) is 0 Å². The highest BCUT2D eigenvalue weighted by atomic mass is 35.5. The Balaban J connectivity index is 2.21. The van der Waals surface area contributed by atoms with Crippen LogP contribution in [0.1, 0.15) is 30.3 Å². The first-order valence-electron chi connectivity index (χ1n) is 6.14. The minimum Gasteiger partial charge on any atom is -0.377 e. The van der Waals surface area contributed by atoms with Gasteiger partial charge in [0, 0.05) is 15.6 Å². The fraction of sp³-hybridized carbons (Fsp3) is 0.333. The van der Waals surface area contributed by atoms with E-state index < -0.39 is 0 Å². The second-order valence-corrected chi connectivity index (χ2v) is 6.23. The van der Waals surface area contributed by atoms with E-state index in [4.69, 9.17) is 11.6 Å². The zero-order chi connectivity index (χ0) is 13.1. The number of halogens is 1. The largest absolute Gasteiger partial charge is 0.377 e. The van der Waals surface area contributed by atoms with Crippen LogP contribution in [0.2, 0.25) is 5.02 Å². The zero-order valence-corrected chi connectivity index (χ0v) is 12.5. The number of thiophene rings is 1. The SMILES string of the molecule is Cc1ccc(NC(c2cccs2)C(C)C)cc1Cl. The first-order valence-corrected chi connectivity index (χ1v) is 7.40. The Hall–Kier alpha value is -0.990. The number of anilines is 1. The molecule has 0 amide bonds. The molecule has 1 unspecified atom stereocenters. The summed E-state index contributed by atoms with van der Waals surface area (Å²) in [5.74, 6) is 0.531. The number of aryl methyl sites for hydroxylation is 1. The smallest absolute Gasteiger partial charge is 0.0629 e. The molecule has 0 aliphatic heterocycles. The van der Waals surface area contributed by atoms with Crippen molar-refractivity contribution in [2.45, 2.75) is 26.8 Å². The Bertz CT molecular complexity index is 505. The first kappa shape index (κ1) is 13.4. The molecule has 1 aromatic heterocycles. The molecule has 1 atom stereocenters. The Morgan fingerprint density at radius 1 is 1.22 bits per heavy atom. The minimum atomic E-state index is 0.337. The van der Waals surface area contributed by atoms with Crippen LogP contribution in [0.3, 0.4) is 0 Å².